The molecule has 0 aromatic heterocycles. The zero-order valence-electron chi connectivity index (χ0n) is 16.3. The van der Waals surface area contributed by atoms with E-state index in [0.29, 0.717) is 11.1 Å². The van der Waals surface area contributed by atoms with E-state index in [0.717, 1.165) is 6.08 Å². The van der Waals surface area contributed by atoms with E-state index in [1.807, 2.05) is 0 Å². The maximum atomic E-state index is 13.1. The third-order valence-corrected chi connectivity index (χ3v) is 4.64. The summed E-state index contributed by atoms with van der Waals surface area (Å²) < 4.78 is 0. The van der Waals surface area contributed by atoms with E-state index in [9.17, 15) is 29.8 Å². The number of non-ortho nitro benzene ring substituents is 2. The summed E-state index contributed by atoms with van der Waals surface area (Å²) in [6.45, 7) is 3.50. The van der Waals surface area contributed by atoms with E-state index in [1.54, 1.807) is 12.1 Å². The van der Waals surface area contributed by atoms with Crippen molar-refractivity contribution in [2.24, 2.45) is 0 Å². The number of nitro groups is 2. The van der Waals surface area contributed by atoms with Crippen molar-refractivity contribution in [3.8, 4) is 0 Å². The minimum atomic E-state index is -0.536. The Morgan fingerprint density at radius 2 is 1.35 bits per heavy atom. The van der Waals surface area contributed by atoms with Crippen molar-refractivity contribution in [2.75, 3.05) is 13.1 Å². The monoisotopic (exact) mass is 419 g/mol. The lowest BCUT2D eigenvalue weighted by Gasteiger charge is -2.29. The van der Waals surface area contributed by atoms with Gasteiger partial charge in [-0.05, 0) is 29.4 Å². The van der Waals surface area contributed by atoms with Crippen LogP contribution in [0.15, 0.2) is 72.3 Å². The number of likely N-dealkylation sites (tertiary alicyclic amines) is 1. The van der Waals surface area contributed by atoms with Crippen molar-refractivity contribution < 1.29 is 19.4 Å². The molecule has 3 rings (SSSR count). The smallest absolute Gasteiger partial charge is 0.270 e. The van der Waals surface area contributed by atoms with Crippen LogP contribution in [0, 0.1) is 20.2 Å². The Bertz CT molecular complexity index is 1090. The quantitative estimate of drug-likeness (QED) is 0.415. The summed E-state index contributed by atoms with van der Waals surface area (Å²) in [5.74, 6) is -0.728. The van der Waals surface area contributed by atoms with Gasteiger partial charge in [-0.3, -0.25) is 29.8 Å². The molecule has 1 fully saturated rings. The van der Waals surface area contributed by atoms with Gasteiger partial charge in [-0.2, -0.15) is 0 Å². The number of ketones is 1. The van der Waals surface area contributed by atoms with Crippen LogP contribution in [0.5, 0.6) is 0 Å². The predicted octanol–water partition coefficient (Wildman–Crippen LogP) is 3.57. The highest BCUT2D eigenvalue weighted by Crippen LogP contribution is 2.24. The Kier molecular flexibility index (Phi) is 6.15. The van der Waals surface area contributed by atoms with E-state index >= 15 is 0 Å². The lowest BCUT2D eigenvalue weighted by Crippen LogP contribution is -2.40. The Hall–Kier alpha value is -4.40. The summed E-state index contributed by atoms with van der Waals surface area (Å²) in [5, 5.41) is 22.0. The van der Waals surface area contributed by atoms with Gasteiger partial charge < -0.3 is 4.90 Å². The molecule has 1 heterocycles. The summed E-state index contributed by atoms with van der Waals surface area (Å²) in [5.41, 5.74) is 1.17. The molecule has 31 heavy (non-hydrogen) atoms. The minimum Gasteiger partial charge on any atom is -0.330 e. The van der Waals surface area contributed by atoms with Gasteiger partial charge in [0.2, 0.25) is 5.91 Å². The summed E-state index contributed by atoms with van der Waals surface area (Å²) >= 11 is 0. The van der Waals surface area contributed by atoms with Crippen molar-refractivity contribution in [2.45, 2.75) is 0 Å². The second-order valence-corrected chi connectivity index (χ2v) is 6.77. The molecule has 0 aliphatic carbocycles. The maximum Gasteiger partial charge on any atom is 0.270 e. The van der Waals surface area contributed by atoms with Crippen LogP contribution in [-0.2, 0) is 9.59 Å². The molecule has 2 aromatic rings. The van der Waals surface area contributed by atoms with E-state index in [2.05, 4.69) is 6.58 Å². The minimum absolute atomic E-state index is 0.0126. The number of Topliss-reactive ketones (excluding diaryl/α,β-unsaturated/α-hetero) is 1. The Balaban J connectivity index is 2.03. The van der Waals surface area contributed by atoms with Crippen molar-refractivity contribution in [1.29, 1.82) is 0 Å². The van der Waals surface area contributed by atoms with Crippen LogP contribution >= 0.6 is 0 Å². The van der Waals surface area contributed by atoms with Gasteiger partial charge in [0.25, 0.3) is 11.4 Å². The van der Waals surface area contributed by atoms with Gasteiger partial charge >= 0.3 is 0 Å². The molecule has 2 aromatic carbocycles. The van der Waals surface area contributed by atoms with Crippen molar-refractivity contribution in [3.05, 3.63) is 104 Å². The third-order valence-electron chi connectivity index (χ3n) is 4.64. The fraction of sp³-hybridized carbons (Fsp3) is 0.0909. The number of amides is 1. The Morgan fingerprint density at radius 1 is 0.903 bits per heavy atom. The van der Waals surface area contributed by atoms with Crippen molar-refractivity contribution >= 4 is 35.2 Å². The number of nitrogens with zero attached hydrogens (tertiary/aromatic N) is 3. The molecule has 0 unspecified atom stereocenters. The lowest BCUT2D eigenvalue weighted by molar-refractivity contribution is -0.385. The Labute approximate surface area is 176 Å². The summed E-state index contributed by atoms with van der Waals surface area (Å²) in [6.07, 6.45) is 4.13. The maximum absolute atomic E-state index is 13.1. The Morgan fingerprint density at radius 3 is 1.74 bits per heavy atom. The average molecular weight is 419 g/mol. The van der Waals surface area contributed by atoms with Crippen LogP contribution in [0.1, 0.15) is 11.1 Å². The number of hydrogen-bond donors (Lipinski definition) is 0. The van der Waals surface area contributed by atoms with E-state index in [4.69, 9.17) is 0 Å². The van der Waals surface area contributed by atoms with Gasteiger partial charge in [0.05, 0.1) is 22.9 Å². The van der Waals surface area contributed by atoms with Crippen LogP contribution in [0.4, 0.5) is 11.4 Å². The topological polar surface area (TPSA) is 124 Å². The lowest BCUT2D eigenvalue weighted by atomic mass is 9.94. The number of hydrogen-bond acceptors (Lipinski definition) is 6. The van der Waals surface area contributed by atoms with E-state index in [1.165, 1.54) is 53.5 Å². The zero-order valence-corrected chi connectivity index (χ0v) is 16.3. The van der Waals surface area contributed by atoms with E-state index in [-0.39, 0.29) is 47.3 Å². The number of benzene rings is 2. The first-order valence-corrected chi connectivity index (χ1v) is 9.14. The first-order valence-electron chi connectivity index (χ1n) is 9.14. The highest BCUT2D eigenvalue weighted by atomic mass is 16.6. The number of piperidine rings is 1. The van der Waals surface area contributed by atoms with Crippen molar-refractivity contribution in [1.82, 2.24) is 4.90 Å². The SMILES string of the molecule is C=CC(=O)N1C/C(=C\c2cccc([N+](=O)[O-])c2)C(=O)/C(=C/c2cccc([N+](=O)[O-])c2)C1. The molecule has 1 amide bonds. The fourth-order valence-electron chi connectivity index (χ4n) is 3.18. The molecule has 0 atom stereocenters. The predicted molar refractivity (Wildman–Crippen MR) is 114 cm³/mol. The molecule has 0 radical (unpaired) electrons. The molecule has 1 aliphatic rings. The summed E-state index contributed by atoms with van der Waals surface area (Å²) in [7, 11) is 0. The van der Waals surface area contributed by atoms with Gasteiger partial charge in [0.15, 0.2) is 5.78 Å². The molecular formula is C22H17N3O6. The molecule has 9 nitrogen and oxygen atoms in total. The molecule has 0 saturated carbocycles. The summed E-state index contributed by atoms with van der Waals surface area (Å²) in [6, 6.07) is 11.6. The standard InChI is InChI=1S/C22H17N3O6/c1-2-21(26)23-13-17(9-15-5-3-7-19(11-15)24(28)29)22(27)18(14-23)10-16-6-4-8-20(12-16)25(30)31/h2-12H,1,13-14H2/b17-9+,18-10+. The second-order valence-electron chi connectivity index (χ2n) is 6.77. The number of rotatable bonds is 5. The van der Waals surface area contributed by atoms with Gasteiger partial charge in [0.1, 0.15) is 0 Å². The van der Waals surface area contributed by atoms with Crippen LogP contribution in [0.2, 0.25) is 0 Å². The molecule has 0 N–H and O–H groups in total. The molecule has 9 heteroatoms. The number of carbonyl (C=O) groups is 2. The first-order chi connectivity index (χ1) is 14.8. The number of nitro benzene ring substituents is 2. The molecular weight excluding hydrogens is 402 g/mol. The van der Waals surface area contributed by atoms with Crippen LogP contribution in [0.3, 0.4) is 0 Å². The first kappa shape index (κ1) is 21.3. The van der Waals surface area contributed by atoms with Gasteiger partial charge in [-0.15, -0.1) is 0 Å². The molecule has 156 valence electrons. The van der Waals surface area contributed by atoms with Crippen LogP contribution < -0.4 is 0 Å². The zero-order chi connectivity index (χ0) is 22.5. The third kappa shape index (κ3) is 4.96. The number of carbonyl (C=O) groups excluding carboxylic acids is 2. The highest BCUT2D eigenvalue weighted by Gasteiger charge is 2.28. The normalized spacial score (nSPS) is 16.4. The largest absolute Gasteiger partial charge is 0.330 e. The summed E-state index contributed by atoms with van der Waals surface area (Å²) in [4.78, 5) is 47.6. The van der Waals surface area contributed by atoms with Gasteiger partial charge in [-0.1, -0.05) is 30.8 Å². The molecule has 0 spiro atoms. The van der Waals surface area contributed by atoms with Gasteiger partial charge in [-0.25, -0.2) is 0 Å². The van der Waals surface area contributed by atoms with Crippen LogP contribution in [-0.4, -0.2) is 39.5 Å². The van der Waals surface area contributed by atoms with Crippen LogP contribution in [0.25, 0.3) is 12.2 Å². The molecule has 1 aliphatic heterocycles. The van der Waals surface area contributed by atoms with Crippen molar-refractivity contribution in [3.63, 3.8) is 0 Å². The molecule has 0 bridgehead atoms. The molecule has 1 saturated heterocycles. The highest BCUT2D eigenvalue weighted by molar-refractivity contribution is 6.15. The fourth-order valence-corrected chi connectivity index (χ4v) is 3.18. The van der Waals surface area contributed by atoms with Gasteiger partial charge in [0, 0.05) is 35.4 Å². The average Bonchev–Trinajstić information content (AvgIpc) is 2.76. The van der Waals surface area contributed by atoms with E-state index < -0.39 is 9.85 Å². The second kappa shape index (κ2) is 8.95.